The summed E-state index contributed by atoms with van der Waals surface area (Å²) in [6.07, 6.45) is 6.03. The minimum absolute atomic E-state index is 0.105. The van der Waals surface area contributed by atoms with E-state index in [-0.39, 0.29) is 17.3 Å². The Bertz CT molecular complexity index is 941. The minimum atomic E-state index is -0.499. The van der Waals surface area contributed by atoms with Gasteiger partial charge in [-0.3, -0.25) is 19.7 Å². The first-order chi connectivity index (χ1) is 14.2. The molecule has 0 bridgehead atoms. The lowest BCUT2D eigenvalue weighted by molar-refractivity contribution is -0.384. The maximum atomic E-state index is 12.8. The van der Waals surface area contributed by atoms with E-state index in [0.29, 0.717) is 30.4 Å². The van der Waals surface area contributed by atoms with Crippen LogP contribution in [0, 0.1) is 16.0 Å². The zero-order valence-electron chi connectivity index (χ0n) is 17.6. The van der Waals surface area contributed by atoms with Crippen LogP contribution in [0.25, 0.3) is 0 Å². The SMILES string of the molecule is CN(C)CCCNC(=O)c1cc(NC(=O)c2cc([N+](=O)[O-])cn2CC2CC2)cn1C. The van der Waals surface area contributed by atoms with E-state index in [1.807, 2.05) is 19.0 Å². The average Bonchev–Trinajstić information content (AvgIpc) is 3.25. The fraction of sp³-hybridized carbons (Fsp3) is 0.500. The fourth-order valence-corrected chi connectivity index (χ4v) is 3.26. The normalized spacial score (nSPS) is 13.5. The number of carbonyl (C=O) groups excluding carboxylic acids is 2. The molecule has 0 aromatic carbocycles. The lowest BCUT2D eigenvalue weighted by Gasteiger charge is -2.10. The largest absolute Gasteiger partial charge is 0.351 e. The van der Waals surface area contributed by atoms with Gasteiger partial charge in [-0.2, -0.15) is 0 Å². The second-order valence-electron chi connectivity index (χ2n) is 8.03. The Labute approximate surface area is 175 Å². The van der Waals surface area contributed by atoms with Crippen LogP contribution in [0.2, 0.25) is 0 Å². The first kappa shape index (κ1) is 21.6. The summed E-state index contributed by atoms with van der Waals surface area (Å²) in [5.74, 6) is -0.195. The molecule has 0 radical (unpaired) electrons. The van der Waals surface area contributed by atoms with Crippen LogP contribution in [0.3, 0.4) is 0 Å². The van der Waals surface area contributed by atoms with E-state index in [2.05, 4.69) is 10.6 Å². The Morgan fingerprint density at radius 2 is 1.93 bits per heavy atom. The number of aromatic nitrogens is 2. The Kier molecular flexibility index (Phi) is 6.56. The van der Waals surface area contributed by atoms with E-state index in [9.17, 15) is 19.7 Å². The van der Waals surface area contributed by atoms with Crippen molar-refractivity contribution >= 4 is 23.2 Å². The van der Waals surface area contributed by atoms with Gasteiger partial charge in [-0.15, -0.1) is 0 Å². The molecule has 2 aromatic heterocycles. The molecule has 2 amide bonds. The Hall–Kier alpha value is -3.14. The van der Waals surface area contributed by atoms with Crippen molar-refractivity contribution < 1.29 is 14.5 Å². The van der Waals surface area contributed by atoms with Gasteiger partial charge < -0.3 is 24.7 Å². The summed E-state index contributed by atoms with van der Waals surface area (Å²) in [7, 11) is 5.68. The molecule has 2 N–H and O–H groups in total. The van der Waals surface area contributed by atoms with E-state index >= 15 is 0 Å². The summed E-state index contributed by atoms with van der Waals surface area (Å²) in [4.78, 5) is 37.8. The molecule has 0 unspecified atom stereocenters. The van der Waals surface area contributed by atoms with Crippen molar-refractivity contribution in [2.24, 2.45) is 13.0 Å². The van der Waals surface area contributed by atoms with Crippen molar-refractivity contribution in [3.8, 4) is 0 Å². The summed E-state index contributed by atoms with van der Waals surface area (Å²) < 4.78 is 3.29. The van der Waals surface area contributed by atoms with Crippen molar-refractivity contribution in [2.45, 2.75) is 25.8 Å². The zero-order valence-corrected chi connectivity index (χ0v) is 17.6. The van der Waals surface area contributed by atoms with Gasteiger partial charge in [0.25, 0.3) is 17.5 Å². The first-order valence-electron chi connectivity index (χ1n) is 10.00. The second-order valence-corrected chi connectivity index (χ2v) is 8.03. The van der Waals surface area contributed by atoms with Gasteiger partial charge in [-0.1, -0.05) is 0 Å². The first-order valence-corrected chi connectivity index (χ1v) is 10.00. The van der Waals surface area contributed by atoms with Crippen LogP contribution in [-0.4, -0.2) is 58.0 Å². The quantitative estimate of drug-likeness (QED) is 0.350. The molecular formula is C20H28N6O4. The van der Waals surface area contributed by atoms with Crippen molar-refractivity contribution in [1.29, 1.82) is 0 Å². The van der Waals surface area contributed by atoms with E-state index in [1.54, 1.807) is 28.4 Å². The number of carbonyl (C=O) groups is 2. The number of anilines is 1. The molecule has 0 saturated heterocycles. The van der Waals surface area contributed by atoms with E-state index in [1.165, 1.54) is 12.3 Å². The monoisotopic (exact) mass is 416 g/mol. The molecule has 10 heteroatoms. The van der Waals surface area contributed by atoms with Crippen molar-refractivity contribution in [3.05, 3.63) is 46.0 Å². The molecule has 0 atom stereocenters. The van der Waals surface area contributed by atoms with Crippen LogP contribution in [0.5, 0.6) is 0 Å². The third kappa shape index (κ3) is 5.47. The van der Waals surface area contributed by atoms with Gasteiger partial charge in [0.05, 0.1) is 16.8 Å². The minimum Gasteiger partial charge on any atom is -0.351 e. The Morgan fingerprint density at radius 1 is 1.20 bits per heavy atom. The lowest BCUT2D eigenvalue weighted by Crippen LogP contribution is -2.28. The molecule has 1 aliphatic carbocycles. The van der Waals surface area contributed by atoms with Crippen molar-refractivity contribution in [3.63, 3.8) is 0 Å². The molecule has 0 aliphatic heterocycles. The number of amides is 2. The van der Waals surface area contributed by atoms with Crippen LogP contribution in [0.1, 0.15) is 40.2 Å². The zero-order chi connectivity index (χ0) is 21.8. The third-order valence-electron chi connectivity index (χ3n) is 5.04. The van der Waals surface area contributed by atoms with Gasteiger partial charge in [0.1, 0.15) is 11.4 Å². The van der Waals surface area contributed by atoms with Crippen LogP contribution < -0.4 is 10.6 Å². The van der Waals surface area contributed by atoms with E-state index < -0.39 is 10.8 Å². The topological polar surface area (TPSA) is 114 Å². The maximum Gasteiger partial charge on any atom is 0.287 e. The molecule has 1 aliphatic rings. The summed E-state index contributed by atoms with van der Waals surface area (Å²) in [5.41, 5.74) is 1.02. The summed E-state index contributed by atoms with van der Waals surface area (Å²) in [6.45, 7) is 2.02. The number of aryl methyl sites for hydroxylation is 1. The van der Waals surface area contributed by atoms with Crippen LogP contribution in [0.15, 0.2) is 24.5 Å². The molecule has 2 aromatic rings. The van der Waals surface area contributed by atoms with Gasteiger partial charge in [-0.05, 0) is 51.9 Å². The number of hydrogen-bond donors (Lipinski definition) is 2. The molecule has 1 fully saturated rings. The second kappa shape index (κ2) is 9.12. The van der Waals surface area contributed by atoms with Gasteiger partial charge >= 0.3 is 0 Å². The van der Waals surface area contributed by atoms with Gasteiger partial charge in [0, 0.05) is 32.4 Å². The fourth-order valence-electron chi connectivity index (χ4n) is 3.26. The van der Waals surface area contributed by atoms with E-state index in [4.69, 9.17) is 0 Å². The van der Waals surface area contributed by atoms with Gasteiger partial charge in [0.2, 0.25) is 0 Å². The summed E-state index contributed by atoms with van der Waals surface area (Å²) >= 11 is 0. The molecule has 1 saturated carbocycles. The van der Waals surface area contributed by atoms with Crippen molar-refractivity contribution in [1.82, 2.24) is 19.4 Å². The van der Waals surface area contributed by atoms with Crippen molar-refractivity contribution in [2.75, 3.05) is 32.5 Å². The highest BCUT2D eigenvalue weighted by Gasteiger charge is 2.26. The predicted octanol–water partition coefficient (Wildman–Crippen LogP) is 2.08. The number of rotatable bonds is 10. The molecule has 162 valence electrons. The predicted molar refractivity (Wildman–Crippen MR) is 113 cm³/mol. The average molecular weight is 416 g/mol. The molecule has 3 rings (SSSR count). The Morgan fingerprint density at radius 3 is 2.57 bits per heavy atom. The standard InChI is InChI=1S/C20H28N6O4/c1-23(2)8-4-7-21-19(27)17-9-15(12-24(17)3)22-20(28)18-10-16(26(29)30)13-25(18)11-14-5-6-14/h9-10,12-14H,4-8,11H2,1-3H3,(H,21,27)(H,22,28). The maximum absolute atomic E-state index is 12.8. The highest BCUT2D eigenvalue weighted by Crippen LogP contribution is 2.32. The van der Waals surface area contributed by atoms with Gasteiger partial charge in [0.15, 0.2) is 0 Å². The molecular weight excluding hydrogens is 388 g/mol. The highest BCUT2D eigenvalue weighted by atomic mass is 16.6. The Balaban J connectivity index is 1.66. The van der Waals surface area contributed by atoms with Crippen LogP contribution >= 0.6 is 0 Å². The number of nitro groups is 1. The molecule has 10 nitrogen and oxygen atoms in total. The lowest BCUT2D eigenvalue weighted by atomic mass is 10.3. The van der Waals surface area contributed by atoms with E-state index in [0.717, 1.165) is 25.8 Å². The molecule has 2 heterocycles. The smallest absolute Gasteiger partial charge is 0.287 e. The summed E-state index contributed by atoms with van der Waals surface area (Å²) in [6, 6.07) is 2.89. The third-order valence-corrected chi connectivity index (χ3v) is 5.04. The molecule has 0 spiro atoms. The van der Waals surface area contributed by atoms with Gasteiger partial charge in [-0.25, -0.2) is 0 Å². The number of nitrogens with zero attached hydrogens (tertiary/aromatic N) is 4. The number of nitrogens with one attached hydrogen (secondary N) is 2. The van der Waals surface area contributed by atoms with Crippen LogP contribution in [0.4, 0.5) is 11.4 Å². The van der Waals surface area contributed by atoms with Crippen LogP contribution in [-0.2, 0) is 13.6 Å². The highest BCUT2D eigenvalue weighted by molar-refractivity contribution is 6.04. The summed E-state index contributed by atoms with van der Waals surface area (Å²) in [5, 5.41) is 16.7. The molecule has 30 heavy (non-hydrogen) atoms. The number of hydrogen-bond acceptors (Lipinski definition) is 5.